The fraction of sp³-hybridized carbons (Fsp3) is 0.500. The topological polar surface area (TPSA) is 42.4 Å². The molecule has 1 aromatic heterocycles. The Morgan fingerprint density at radius 2 is 2.22 bits per heavy atom. The molecule has 1 aliphatic heterocycles. The van der Waals surface area contributed by atoms with Crippen molar-refractivity contribution in [2.45, 2.75) is 24.3 Å². The fourth-order valence-electron chi connectivity index (χ4n) is 1.59. The first-order chi connectivity index (χ1) is 8.84. The number of rotatable bonds is 6. The third-order valence-corrected chi connectivity index (χ3v) is 4.73. The Morgan fingerprint density at radius 1 is 1.39 bits per heavy atom. The van der Waals surface area contributed by atoms with Crippen LogP contribution in [0.15, 0.2) is 29.4 Å². The number of aromatic nitrogens is 1. The molecular formula is C12H16N2O2S2. The van der Waals surface area contributed by atoms with E-state index in [0.29, 0.717) is 6.42 Å². The molecule has 0 saturated carbocycles. The fourth-order valence-corrected chi connectivity index (χ4v) is 3.44. The van der Waals surface area contributed by atoms with Gasteiger partial charge in [0.25, 0.3) is 0 Å². The molecule has 2 rings (SSSR count). The largest absolute Gasteiger partial charge is 0.368 e. The average molecular weight is 284 g/mol. The SMILES string of the molecule is O=C(CCSSc1ccccn1)ON1CCCC1. The van der Waals surface area contributed by atoms with Crippen molar-refractivity contribution in [1.82, 2.24) is 10.0 Å². The highest BCUT2D eigenvalue weighted by atomic mass is 33.1. The zero-order valence-corrected chi connectivity index (χ0v) is 11.7. The summed E-state index contributed by atoms with van der Waals surface area (Å²) in [5.41, 5.74) is 0. The van der Waals surface area contributed by atoms with Gasteiger partial charge >= 0.3 is 5.97 Å². The van der Waals surface area contributed by atoms with Gasteiger partial charge in [-0.05, 0) is 35.8 Å². The lowest BCUT2D eigenvalue weighted by Gasteiger charge is -2.13. The van der Waals surface area contributed by atoms with E-state index in [9.17, 15) is 4.79 Å². The van der Waals surface area contributed by atoms with Crippen molar-refractivity contribution in [1.29, 1.82) is 0 Å². The van der Waals surface area contributed by atoms with Crippen LogP contribution in [0, 0.1) is 0 Å². The Hall–Kier alpha value is -0.720. The summed E-state index contributed by atoms with van der Waals surface area (Å²) >= 11 is 0. The van der Waals surface area contributed by atoms with E-state index in [1.807, 2.05) is 18.2 Å². The van der Waals surface area contributed by atoms with Gasteiger partial charge in [0, 0.05) is 25.0 Å². The smallest absolute Gasteiger partial charge is 0.325 e. The second kappa shape index (κ2) is 7.66. The number of hydrogen-bond donors (Lipinski definition) is 0. The molecule has 0 N–H and O–H groups in total. The van der Waals surface area contributed by atoms with Gasteiger partial charge in [0.15, 0.2) is 0 Å². The maximum Gasteiger partial charge on any atom is 0.325 e. The summed E-state index contributed by atoms with van der Waals surface area (Å²) < 4.78 is 0. The van der Waals surface area contributed by atoms with E-state index in [2.05, 4.69) is 4.98 Å². The lowest BCUT2D eigenvalue weighted by Crippen LogP contribution is -2.24. The second-order valence-corrected chi connectivity index (χ2v) is 6.36. The van der Waals surface area contributed by atoms with E-state index in [0.717, 1.165) is 36.7 Å². The van der Waals surface area contributed by atoms with Gasteiger partial charge in [-0.1, -0.05) is 16.9 Å². The number of hydroxylamine groups is 2. The van der Waals surface area contributed by atoms with Crippen LogP contribution in [0.4, 0.5) is 0 Å². The predicted octanol–water partition coefficient (Wildman–Crippen LogP) is 2.77. The first-order valence-corrected chi connectivity index (χ1v) is 8.33. The molecule has 1 fully saturated rings. The molecule has 1 saturated heterocycles. The highest BCUT2D eigenvalue weighted by Crippen LogP contribution is 2.29. The van der Waals surface area contributed by atoms with Gasteiger partial charge in [-0.15, -0.1) is 5.06 Å². The zero-order chi connectivity index (χ0) is 12.6. The predicted molar refractivity (Wildman–Crippen MR) is 74.1 cm³/mol. The van der Waals surface area contributed by atoms with Crippen molar-refractivity contribution in [3.05, 3.63) is 24.4 Å². The van der Waals surface area contributed by atoms with Crippen molar-refractivity contribution in [2.24, 2.45) is 0 Å². The van der Waals surface area contributed by atoms with Crippen LogP contribution in [0.1, 0.15) is 19.3 Å². The molecule has 1 aromatic rings. The Labute approximate surface area is 115 Å². The summed E-state index contributed by atoms with van der Waals surface area (Å²) in [4.78, 5) is 20.9. The van der Waals surface area contributed by atoms with Gasteiger partial charge in [0.05, 0.1) is 6.42 Å². The van der Waals surface area contributed by atoms with Gasteiger partial charge in [0.1, 0.15) is 5.03 Å². The molecule has 1 aliphatic rings. The first-order valence-electron chi connectivity index (χ1n) is 6.01. The van der Waals surface area contributed by atoms with E-state index in [1.54, 1.807) is 32.8 Å². The lowest BCUT2D eigenvalue weighted by atomic mass is 10.4. The minimum atomic E-state index is -0.133. The summed E-state index contributed by atoms with van der Waals surface area (Å²) in [6, 6.07) is 5.81. The van der Waals surface area contributed by atoms with Crippen molar-refractivity contribution in [3.63, 3.8) is 0 Å². The monoisotopic (exact) mass is 284 g/mol. The van der Waals surface area contributed by atoms with Crippen LogP contribution in [-0.2, 0) is 9.63 Å². The third-order valence-electron chi connectivity index (χ3n) is 2.47. The van der Waals surface area contributed by atoms with Gasteiger partial charge in [-0.3, -0.25) is 4.79 Å². The summed E-state index contributed by atoms with van der Waals surface area (Å²) in [6.45, 7) is 1.75. The lowest BCUT2D eigenvalue weighted by molar-refractivity contribution is -0.184. The van der Waals surface area contributed by atoms with Gasteiger partial charge in [0.2, 0.25) is 0 Å². The zero-order valence-electron chi connectivity index (χ0n) is 10.1. The van der Waals surface area contributed by atoms with Crippen LogP contribution in [0.3, 0.4) is 0 Å². The highest BCUT2D eigenvalue weighted by molar-refractivity contribution is 8.76. The summed E-state index contributed by atoms with van der Waals surface area (Å²) in [7, 11) is 3.22. The summed E-state index contributed by atoms with van der Waals surface area (Å²) in [5, 5.41) is 2.73. The quantitative estimate of drug-likeness (QED) is 0.591. The Balaban J connectivity index is 1.56. The molecule has 0 spiro atoms. The molecule has 2 heterocycles. The molecule has 6 heteroatoms. The third kappa shape index (κ3) is 4.88. The number of carbonyl (C=O) groups is 1. The standard InChI is InChI=1S/C12H16N2O2S2/c15-12(16-14-8-3-4-9-14)6-10-17-18-11-5-1-2-7-13-11/h1-2,5,7H,3-4,6,8-10H2. The average Bonchev–Trinajstić information content (AvgIpc) is 2.89. The molecule has 98 valence electrons. The molecule has 4 nitrogen and oxygen atoms in total. The molecule has 0 atom stereocenters. The normalized spacial score (nSPS) is 15.8. The van der Waals surface area contributed by atoms with E-state index < -0.39 is 0 Å². The maximum absolute atomic E-state index is 11.5. The highest BCUT2D eigenvalue weighted by Gasteiger charge is 2.16. The molecule has 18 heavy (non-hydrogen) atoms. The van der Waals surface area contributed by atoms with Gasteiger partial charge < -0.3 is 4.84 Å². The van der Waals surface area contributed by atoms with E-state index >= 15 is 0 Å². The maximum atomic E-state index is 11.5. The Morgan fingerprint density at radius 3 is 2.94 bits per heavy atom. The minimum Gasteiger partial charge on any atom is -0.368 e. The first kappa shape index (κ1) is 13.7. The molecule has 0 aromatic carbocycles. The molecule has 0 amide bonds. The Bertz CT molecular complexity index is 370. The van der Waals surface area contributed by atoms with Crippen LogP contribution < -0.4 is 0 Å². The van der Waals surface area contributed by atoms with E-state index in [1.165, 1.54) is 0 Å². The van der Waals surface area contributed by atoms with Crippen molar-refractivity contribution >= 4 is 27.6 Å². The summed E-state index contributed by atoms with van der Waals surface area (Å²) in [5.74, 6) is 0.611. The number of hydrogen-bond acceptors (Lipinski definition) is 6. The van der Waals surface area contributed by atoms with Crippen LogP contribution in [0.2, 0.25) is 0 Å². The minimum absolute atomic E-state index is 0.133. The molecule has 0 radical (unpaired) electrons. The van der Waals surface area contributed by atoms with Crippen molar-refractivity contribution < 1.29 is 9.63 Å². The molecule has 0 unspecified atom stereocenters. The number of nitrogens with zero attached hydrogens (tertiary/aromatic N) is 2. The molecule has 0 bridgehead atoms. The van der Waals surface area contributed by atoms with Crippen molar-refractivity contribution in [3.8, 4) is 0 Å². The van der Waals surface area contributed by atoms with Crippen LogP contribution in [-0.4, -0.2) is 34.9 Å². The van der Waals surface area contributed by atoms with E-state index in [-0.39, 0.29) is 5.97 Å². The van der Waals surface area contributed by atoms with Gasteiger partial charge in [-0.2, -0.15) is 0 Å². The number of carbonyl (C=O) groups excluding carboxylic acids is 1. The van der Waals surface area contributed by atoms with Crippen LogP contribution in [0.25, 0.3) is 0 Å². The van der Waals surface area contributed by atoms with Crippen LogP contribution in [0.5, 0.6) is 0 Å². The molecular weight excluding hydrogens is 268 g/mol. The Kier molecular flexibility index (Phi) is 5.83. The van der Waals surface area contributed by atoms with Crippen molar-refractivity contribution in [2.75, 3.05) is 18.8 Å². The molecule has 0 aliphatic carbocycles. The van der Waals surface area contributed by atoms with Gasteiger partial charge in [-0.25, -0.2) is 4.98 Å². The second-order valence-electron chi connectivity index (χ2n) is 3.92. The summed E-state index contributed by atoms with van der Waals surface area (Å²) in [6.07, 6.45) is 4.46. The van der Waals surface area contributed by atoms with E-state index in [4.69, 9.17) is 4.84 Å². The number of pyridine rings is 1. The van der Waals surface area contributed by atoms with Crippen LogP contribution >= 0.6 is 21.6 Å².